The fraction of sp³-hybridized carbons (Fsp3) is 0.292. The van der Waals surface area contributed by atoms with Crippen molar-refractivity contribution in [3.63, 3.8) is 0 Å². The van der Waals surface area contributed by atoms with Crippen molar-refractivity contribution in [3.8, 4) is 5.75 Å². The van der Waals surface area contributed by atoms with Crippen molar-refractivity contribution >= 4 is 5.78 Å². The minimum absolute atomic E-state index is 0.0902. The van der Waals surface area contributed by atoms with Crippen LogP contribution in [0.2, 0.25) is 0 Å². The van der Waals surface area contributed by atoms with E-state index in [9.17, 15) is 4.79 Å². The Bertz CT molecular complexity index is 905. The first kappa shape index (κ1) is 19.3. The van der Waals surface area contributed by atoms with Gasteiger partial charge in [0, 0.05) is 55.9 Å². The number of carbonyl (C=O) groups excluding carboxylic acids is 1. The highest BCUT2D eigenvalue weighted by molar-refractivity contribution is 6.00. The second kappa shape index (κ2) is 8.97. The molecule has 0 radical (unpaired) electrons. The number of pyridine rings is 2. The van der Waals surface area contributed by atoms with Gasteiger partial charge in [-0.3, -0.25) is 19.7 Å². The Morgan fingerprint density at radius 1 is 1.03 bits per heavy atom. The molecule has 29 heavy (non-hydrogen) atoms. The van der Waals surface area contributed by atoms with Gasteiger partial charge in [-0.2, -0.15) is 0 Å². The van der Waals surface area contributed by atoms with Gasteiger partial charge in [-0.15, -0.1) is 0 Å². The molecule has 1 aromatic carbocycles. The van der Waals surface area contributed by atoms with Crippen LogP contribution in [0.15, 0.2) is 73.3 Å². The van der Waals surface area contributed by atoms with E-state index in [1.807, 2.05) is 48.8 Å². The number of methoxy groups -OCH3 is 1. The van der Waals surface area contributed by atoms with Crippen molar-refractivity contribution in [2.75, 3.05) is 13.7 Å². The Kier molecular flexibility index (Phi) is 5.96. The molecule has 3 aromatic rings. The van der Waals surface area contributed by atoms with E-state index < -0.39 is 0 Å². The van der Waals surface area contributed by atoms with Gasteiger partial charge in [0.2, 0.25) is 0 Å². The average molecular weight is 387 g/mol. The minimum atomic E-state index is 0.0902. The smallest absolute Gasteiger partial charge is 0.166 e. The summed E-state index contributed by atoms with van der Waals surface area (Å²) in [5.74, 6) is 1.41. The maximum Gasteiger partial charge on any atom is 0.166 e. The van der Waals surface area contributed by atoms with Gasteiger partial charge in [-0.1, -0.05) is 24.3 Å². The number of hydrogen-bond donors (Lipinski definition) is 0. The standard InChI is InChI=1S/C24H25N3O2/c1-29-22-8-2-7-20(11-22)24(28)23-12-21(23)17-27(15-18-5-3-9-25-13-18)16-19-6-4-10-26-14-19/h2-11,13-14,21,23H,12,15-17H2,1H3/t21-,23+/m1/s1. The first-order valence-corrected chi connectivity index (χ1v) is 9.91. The molecule has 2 aromatic heterocycles. The van der Waals surface area contributed by atoms with Crippen LogP contribution in [-0.2, 0) is 13.1 Å². The predicted molar refractivity (Wildman–Crippen MR) is 112 cm³/mol. The van der Waals surface area contributed by atoms with Crippen molar-refractivity contribution in [1.82, 2.24) is 14.9 Å². The first-order chi connectivity index (χ1) is 14.2. The average Bonchev–Trinajstić information content (AvgIpc) is 3.53. The SMILES string of the molecule is COc1cccc(C(=O)[C@H]2C[C@@H]2CN(Cc2cccnc2)Cc2cccnc2)c1. The largest absolute Gasteiger partial charge is 0.497 e. The number of Topliss-reactive ketones (excluding diaryl/α,β-unsaturated/α-hetero) is 1. The Hall–Kier alpha value is -3.05. The van der Waals surface area contributed by atoms with Gasteiger partial charge in [-0.05, 0) is 47.7 Å². The third kappa shape index (κ3) is 5.06. The van der Waals surface area contributed by atoms with Crippen LogP contribution >= 0.6 is 0 Å². The van der Waals surface area contributed by atoms with Gasteiger partial charge in [0.15, 0.2) is 5.78 Å². The fourth-order valence-corrected chi connectivity index (χ4v) is 3.78. The summed E-state index contributed by atoms with van der Waals surface area (Å²) in [6.45, 7) is 2.49. The molecule has 4 rings (SSSR count). The number of aromatic nitrogens is 2. The van der Waals surface area contributed by atoms with Crippen molar-refractivity contribution in [1.29, 1.82) is 0 Å². The highest BCUT2D eigenvalue weighted by Crippen LogP contribution is 2.42. The van der Waals surface area contributed by atoms with Crippen LogP contribution in [0, 0.1) is 11.8 Å². The molecular formula is C24H25N3O2. The minimum Gasteiger partial charge on any atom is -0.497 e. The lowest BCUT2D eigenvalue weighted by Gasteiger charge is -2.22. The van der Waals surface area contributed by atoms with E-state index in [2.05, 4.69) is 27.0 Å². The molecule has 0 unspecified atom stereocenters. The monoisotopic (exact) mass is 387 g/mol. The van der Waals surface area contributed by atoms with E-state index in [1.54, 1.807) is 19.5 Å². The third-order valence-electron chi connectivity index (χ3n) is 5.36. The Morgan fingerprint density at radius 2 is 1.72 bits per heavy atom. The summed E-state index contributed by atoms with van der Waals surface area (Å²) in [5, 5.41) is 0. The zero-order valence-corrected chi connectivity index (χ0v) is 16.6. The summed E-state index contributed by atoms with van der Waals surface area (Å²) >= 11 is 0. The third-order valence-corrected chi connectivity index (χ3v) is 5.36. The fourth-order valence-electron chi connectivity index (χ4n) is 3.78. The van der Waals surface area contributed by atoms with Crippen molar-refractivity contribution in [3.05, 3.63) is 90.0 Å². The molecule has 0 N–H and O–H groups in total. The summed E-state index contributed by atoms with van der Waals surface area (Å²) in [6, 6.07) is 15.6. The van der Waals surface area contributed by atoms with E-state index in [1.165, 1.54) is 11.1 Å². The van der Waals surface area contributed by atoms with Crippen LogP contribution < -0.4 is 4.74 Å². The lowest BCUT2D eigenvalue weighted by atomic mass is 10.1. The molecule has 1 saturated carbocycles. The van der Waals surface area contributed by atoms with Crippen LogP contribution in [0.5, 0.6) is 5.75 Å². The Morgan fingerprint density at radius 3 is 2.31 bits per heavy atom. The number of ether oxygens (including phenoxy) is 1. The number of ketones is 1. The molecule has 0 amide bonds. The molecule has 0 spiro atoms. The molecule has 1 aliphatic carbocycles. The molecule has 0 bridgehead atoms. The number of hydrogen-bond acceptors (Lipinski definition) is 5. The van der Waals surface area contributed by atoms with Crippen molar-refractivity contribution in [2.45, 2.75) is 19.5 Å². The summed E-state index contributed by atoms with van der Waals surface area (Å²) in [7, 11) is 1.62. The van der Waals surface area contributed by atoms with Crippen LogP contribution in [0.3, 0.4) is 0 Å². The molecule has 0 aliphatic heterocycles. The van der Waals surface area contributed by atoms with Crippen LogP contribution in [0.4, 0.5) is 0 Å². The molecule has 5 nitrogen and oxygen atoms in total. The van der Waals surface area contributed by atoms with Gasteiger partial charge in [-0.25, -0.2) is 0 Å². The van der Waals surface area contributed by atoms with Crippen LogP contribution in [0.25, 0.3) is 0 Å². The van der Waals surface area contributed by atoms with Crippen molar-refractivity contribution in [2.24, 2.45) is 11.8 Å². The second-order valence-electron chi connectivity index (χ2n) is 7.59. The quantitative estimate of drug-likeness (QED) is 0.519. The number of carbonyl (C=O) groups is 1. The highest BCUT2D eigenvalue weighted by atomic mass is 16.5. The Labute approximate surface area is 171 Å². The van der Waals surface area contributed by atoms with Gasteiger partial charge in [0.05, 0.1) is 7.11 Å². The zero-order chi connectivity index (χ0) is 20.1. The molecule has 2 atom stereocenters. The highest BCUT2D eigenvalue weighted by Gasteiger charge is 2.43. The summed E-state index contributed by atoms with van der Waals surface area (Å²) in [6.07, 6.45) is 8.33. The number of nitrogens with zero attached hydrogens (tertiary/aromatic N) is 3. The summed E-state index contributed by atoms with van der Waals surface area (Å²) in [5.41, 5.74) is 3.09. The van der Waals surface area contributed by atoms with E-state index in [0.717, 1.165) is 37.4 Å². The molecule has 0 saturated heterocycles. The molecule has 1 aliphatic rings. The zero-order valence-electron chi connectivity index (χ0n) is 16.6. The van der Waals surface area contributed by atoms with E-state index >= 15 is 0 Å². The van der Waals surface area contributed by atoms with Gasteiger partial charge >= 0.3 is 0 Å². The van der Waals surface area contributed by atoms with E-state index in [-0.39, 0.29) is 11.7 Å². The first-order valence-electron chi connectivity index (χ1n) is 9.91. The maximum atomic E-state index is 12.9. The molecule has 5 heteroatoms. The normalized spacial score (nSPS) is 17.9. The predicted octanol–water partition coefficient (Wildman–Crippen LogP) is 4.01. The lowest BCUT2D eigenvalue weighted by Crippen LogP contribution is -2.26. The van der Waals surface area contributed by atoms with Gasteiger partial charge in [0.1, 0.15) is 5.75 Å². The van der Waals surface area contributed by atoms with Gasteiger partial charge in [0.25, 0.3) is 0 Å². The lowest BCUT2D eigenvalue weighted by molar-refractivity contribution is 0.0955. The number of rotatable bonds is 9. The molecular weight excluding hydrogens is 362 g/mol. The molecule has 2 heterocycles. The van der Waals surface area contributed by atoms with E-state index in [4.69, 9.17) is 4.74 Å². The maximum absolute atomic E-state index is 12.9. The summed E-state index contributed by atoms with van der Waals surface area (Å²) < 4.78 is 5.26. The molecule has 1 fully saturated rings. The second-order valence-corrected chi connectivity index (χ2v) is 7.59. The topological polar surface area (TPSA) is 55.3 Å². The van der Waals surface area contributed by atoms with Crippen LogP contribution in [-0.4, -0.2) is 34.3 Å². The van der Waals surface area contributed by atoms with Crippen molar-refractivity contribution < 1.29 is 9.53 Å². The van der Waals surface area contributed by atoms with E-state index in [0.29, 0.717) is 5.92 Å². The molecule has 148 valence electrons. The van der Waals surface area contributed by atoms with Gasteiger partial charge < -0.3 is 4.74 Å². The number of benzene rings is 1. The Balaban J connectivity index is 1.43. The summed E-state index contributed by atoms with van der Waals surface area (Å²) in [4.78, 5) is 23.7. The van der Waals surface area contributed by atoms with Crippen LogP contribution in [0.1, 0.15) is 27.9 Å².